The molecular weight excluding hydrogens is 120 g/mol. The van der Waals surface area contributed by atoms with E-state index in [1.165, 1.54) is 0 Å². The van der Waals surface area contributed by atoms with Crippen molar-refractivity contribution in [3.63, 3.8) is 0 Å². The summed E-state index contributed by atoms with van der Waals surface area (Å²) in [4.78, 5) is 8.15. The molecule has 0 saturated heterocycles. The van der Waals surface area contributed by atoms with Crippen molar-refractivity contribution in [1.29, 1.82) is 0 Å². The van der Waals surface area contributed by atoms with Gasteiger partial charge in [-0.15, -0.1) is 0 Å². The van der Waals surface area contributed by atoms with Crippen LogP contribution in [0.1, 0.15) is 0 Å². The Kier molecular flexibility index (Phi) is 5.81. The number of hydrogen-bond acceptors (Lipinski definition) is 2. The summed E-state index contributed by atoms with van der Waals surface area (Å²) in [5, 5.41) is 0. The van der Waals surface area contributed by atoms with Crippen LogP contribution in [0.2, 0.25) is 0 Å². The molecule has 0 atom stereocenters. The fraction of sp³-hybridized carbons (Fsp3) is 1.00. The van der Waals surface area contributed by atoms with Crippen LogP contribution in [0, 0.1) is 0 Å². The molecule has 0 heterocycles. The molecule has 0 aromatic heterocycles. The normalized spacial score (nSPS) is 11.0. The third-order valence-corrected chi connectivity index (χ3v) is 0.938. The predicted molar refractivity (Wildman–Crippen MR) is 27.4 cm³/mol. The Bertz CT molecular complexity index is 23.5. The Labute approximate surface area is 44.0 Å². The van der Waals surface area contributed by atoms with Crippen molar-refractivity contribution in [2.75, 3.05) is 12.3 Å². The summed E-state index contributed by atoms with van der Waals surface area (Å²) in [5.74, 6) is 0. The molecule has 0 radical (unpaired) electrons. The monoisotopic (exact) mass is 126 g/mol. The number of halogens is 1. The van der Waals surface area contributed by atoms with Crippen molar-refractivity contribution in [2.45, 2.75) is 0 Å². The zero-order valence-corrected chi connectivity index (χ0v) is 5.52. The van der Waals surface area contributed by atoms with Gasteiger partial charge in [0, 0.05) is 0 Å². The number of rotatable bonds is 3. The van der Waals surface area contributed by atoms with Crippen LogP contribution < -0.4 is 0 Å². The molecule has 0 aliphatic carbocycles. The van der Waals surface area contributed by atoms with Gasteiger partial charge in [0.15, 0.2) is 9.76 Å². The third-order valence-electron chi connectivity index (χ3n) is 0.313. The first-order valence-electron chi connectivity index (χ1n) is 1.66. The number of hydrogen-bond donors (Lipinski definition) is 1. The average molecular weight is 127 g/mol. The lowest BCUT2D eigenvalue weighted by Gasteiger charge is -1.88. The molecular formula is C2H7ClO2Si. The highest BCUT2D eigenvalue weighted by atomic mass is 35.5. The maximum absolute atomic E-state index is 8.15. The van der Waals surface area contributed by atoms with E-state index in [2.05, 4.69) is 4.74 Å². The van der Waals surface area contributed by atoms with Crippen LogP contribution in [0.4, 0.5) is 0 Å². The van der Waals surface area contributed by atoms with E-state index in [-0.39, 0.29) is 6.07 Å². The molecule has 38 valence electrons. The van der Waals surface area contributed by atoms with Crippen LogP contribution in [0.15, 0.2) is 0 Å². The van der Waals surface area contributed by atoms with E-state index < -0.39 is 9.76 Å². The summed E-state index contributed by atoms with van der Waals surface area (Å²) in [6.07, 6.45) is 0.476. The van der Waals surface area contributed by atoms with E-state index in [1.54, 1.807) is 0 Å². The molecule has 0 aliphatic heterocycles. The predicted octanol–water partition coefficient (Wildman–Crippen LogP) is -0.767. The first-order valence-corrected chi connectivity index (χ1v) is 3.83. The molecule has 0 rings (SSSR count). The molecule has 0 spiro atoms. The largest absolute Gasteiger partial charge is 0.436 e. The SMILES string of the molecule is O[SiH2]COCCl. The minimum Gasteiger partial charge on any atom is -0.436 e. The van der Waals surface area contributed by atoms with Gasteiger partial charge in [0.1, 0.15) is 6.07 Å². The molecule has 0 amide bonds. The average Bonchev–Trinajstić information content (AvgIpc) is 1.61. The van der Waals surface area contributed by atoms with E-state index in [4.69, 9.17) is 16.4 Å². The summed E-state index contributed by atoms with van der Waals surface area (Å²) >= 11 is 5.07. The smallest absolute Gasteiger partial charge is 0.182 e. The molecule has 0 aromatic rings. The lowest BCUT2D eigenvalue weighted by Crippen LogP contribution is -1.99. The molecule has 0 aliphatic rings. The Balaban J connectivity index is 2.34. The van der Waals surface area contributed by atoms with Crippen LogP contribution in [0.25, 0.3) is 0 Å². The quantitative estimate of drug-likeness (QED) is 0.306. The second-order valence-corrected chi connectivity index (χ2v) is 1.81. The van der Waals surface area contributed by atoms with Gasteiger partial charge < -0.3 is 9.53 Å². The van der Waals surface area contributed by atoms with E-state index in [0.717, 1.165) is 0 Å². The maximum atomic E-state index is 8.15. The van der Waals surface area contributed by atoms with E-state index in [1.807, 2.05) is 0 Å². The lowest BCUT2D eigenvalue weighted by atomic mass is 11.5. The second kappa shape index (κ2) is 5.43. The zero-order valence-electron chi connectivity index (χ0n) is 3.35. The van der Waals surface area contributed by atoms with Crippen molar-refractivity contribution >= 4 is 21.4 Å². The minimum absolute atomic E-state index is 0.202. The Morgan fingerprint density at radius 1 is 1.83 bits per heavy atom. The summed E-state index contributed by atoms with van der Waals surface area (Å²) in [5.41, 5.74) is 0. The summed E-state index contributed by atoms with van der Waals surface area (Å²) in [7, 11) is -0.904. The Morgan fingerprint density at radius 2 is 2.50 bits per heavy atom. The highest BCUT2D eigenvalue weighted by Gasteiger charge is 1.77. The van der Waals surface area contributed by atoms with Gasteiger partial charge in [-0.1, -0.05) is 11.6 Å². The second-order valence-electron chi connectivity index (χ2n) is 0.741. The molecule has 6 heavy (non-hydrogen) atoms. The van der Waals surface area contributed by atoms with Gasteiger partial charge >= 0.3 is 0 Å². The lowest BCUT2D eigenvalue weighted by molar-refractivity contribution is 0.221. The standard InChI is InChI=1S/C2H7ClO2Si/c3-1-5-2-6-4/h4H,1-2,6H2. The maximum Gasteiger partial charge on any atom is 0.182 e. The number of ether oxygens (including phenoxy) is 1. The fourth-order valence-electron chi connectivity index (χ4n) is 0.119. The van der Waals surface area contributed by atoms with Crippen LogP contribution in [-0.2, 0) is 4.74 Å². The van der Waals surface area contributed by atoms with E-state index in [0.29, 0.717) is 6.23 Å². The van der Waals surface area contributed by atoms with Gasteiger partial charge in [-0.25, -0.2) is 0 Å². The molecule has 0 saturated carbocycles. The van der Waals surface area contributed by atoms with Crippen LogP contribution in [0.5, 0.6) is 0 Å². The van der Waals surface area contributed by atoms with Crippen molar-refractivity contribution in [3.05, 3.63) is 0 Å². The topological polar surface area (TPSA) is 29.5 Å². The fourth-order valence-corrected chi connectivity index (χ4v) is 0.685. The Morgan fingerprint density at radius 3 is 2.67 bits per heavy atom. The zero-order chi connectivity index (χ0) is 4.83. The van der Waals surface area contributed by atoms with Crippen LogP contribution in [0.3, 0.4) is 0 Å². The van der Waals surface area contributed by atoms with E-state index >= 15 is 0 Å². The molecule has 1 N–H and O–H groups in total. The van der Waals surface area contributed by atoms with Crippen molar-refractivity contribution < 1.29 is 9.53 Å². The van der Waals surface area contributed by atoms with Crippen LogP contribution in [-0.4, -0.2) is 26.9 Å². The minimum atomic E-state index is -0.904. The van der Waals surface area contributed by atoms with Gasteiger partial charge in [-0.3, -0.25) is 0 Å². The van der Waals surface area contributed by atoms with Gasteiger partial charge in [0.05, 0.1) is 6.23 Å². The molecule has 0 aromatic carbocycles. The first kappa shape index (κ1) is 6.43. The molecule has 0 unspecified atom stereocenters. The highest BCUT2D eigenvalue weighted by Crippen LogP contribution is 1.73. The van der Waals surface area contributed by atoms with Gasteiger partial charge in [0.2, 0.25) is 0 Å². The highest BCUT2D eigenvalue weighted by molar-refractivity contribution is 6.25. The van der Waals surface area contributed by atoms with E-state index in [9.17, 15) is 0 Å². The van der Waals surface area contributed by atoms with Crippen molar-refractivity contribution in [3.8, 4) is 0 Å². The molecule has 2 nitrogen and oxygen atoms in total. The van der Waals surface area contributed by atoms with Gasteiger partial charge in [-0.05, 0) is 0 Å². The number of alkyl halides is 1. The van der Waals surface area contributed by atoms with Crippen molar-refractivity contribution in [1.82, 2.24) is 0 Å². The summed E-state index contributed by atoms with van der Waals surface area (Å²) in [6.45, 7) is 0. The third kappa shape index (κ3) is 4.43. The molecule has 0 fully saturated rings. The Hall–Kier alpha value is 0.427. The van der Waals surface area contributed by atoms with Gasteiger partial charge in [0.25, 0.3) is 0 Å². The van der Waals surface area contributed by atoms with Crippen molar-refractivity contribution in [2.24, 2.45) is 0 Å². The summed E-state index contributed by atoms with van der Waals surface area (Å²) < 4.78 is 4.56. The molecule has 0 bridgehead atoms. The molecule has 4 heteroatoms. The first-order chi connectivity index (χ1) is 2.91. The van der Waals surface area contributed by atoms with Gasteiger partial charge in [-0.2, -0.15) is 0 Å². The van der Waals surface area contributed by atoms with Crippen LogP contribution >= 0.6 is 11.6 Å². The summed E-state index contributed by atoms with van der Waals surface area (Å²) in [6, 6.07) is 0.202.